The van der Waals surface area contributed by atoms with Crippen molar-refractivity contribution in [1.82, 2.24) is 4.31 Å². The van der Waals surface area contributed by atoms with E-state index in [1.165, 1.54) is 4.31 Å². The van der Waals surface area contributed by atoms with E-state index < -0.39 is 16.1 Å². The van der Waals surface area contributed by atoms with E-state index in [4.69, 9.17) is 0 Å². The lowest BCUT2D eigenvalue weighted by atomic mass is 10.1. The number of nitrogens with zero attached hydrogens (tertiary/aromatic N) is 1. The molecule has 1 fully saturated rings. The van der Waals surface area contributed by atoms with Crippen LogP contribution in [0.1, 0.15) is 12.8 Å². The maximum atomic E-state index is 12.8. The van der Waals surface area contributed by atoms with Crippen molar-refractivity contribution in [2.45, 2.75) is 23.8 Å². The molecular weight excluding hydrogens is 274 g/mol. The number of aliphatic hydroxyl groups is 1. The lowest BCUT2D eigenvalue weighted by molar-refractivity contribution is 0.108. The van der Waals surface area contributed by atoms with Crippen molar-refractivity contribution in [2.24, 2.45) is 0 Å². The van der Waals surface area contributed by atoms with E-state index >= 15 is 0 Å². The first-order chi connectivity index (χ1) is 9.59. The number of aliphatic hydroxyl groups excluding tert-OH is 1. The van der Waals surface area contributed by atoms with Gasteiger partial charge in [0.25, 0.3) is 0 Å². The van der Waals surface area contributed by atoms with E-state index in [0.29, 0.717) is 24.3 Å². The summed E-state index contributed by atoms with van der Waals surface area (Å²) in [5.74, 6) is 0. The summed E-state index contributed by atoms with van der Waals surface area (Å²) in [7, 11) is -3.55. The van der Waals surface area contributed by atoms with E-state index in [1.807, 2.05) is 30.3 Å². The molecule has 0 aliphatic carbocycles. The number of fused-ring (bicyclic) bond motifs is 1. The summed E-state index contributed by atoms with van der Waals surface area (Å²) in [4.78, 5) is 0.324. The largest absolute Gasteiger partial charge is 0.392 e. The van der Waals surface area contributed by atoms with Crippen molar-refractivity contribution in [3.8, 4) is 0 Å². The molecule has 2 aromatic rings. The molecule has 1 aliphatic heterocycles. The first-order valence-electron chi connectivity index (χ1n) is 6.75. The maximum Gasteiger partial charge on any atom is 0.243 e. The summed E-state index contributed by atoms with van der Waals surface area (Å²) in [6, 6.07) is 12.8. The zero-order valence-corrected chi connectivity index (χ0v) is 11.9. The highest BCUT2D eigenvalue weighted by molar-refractivity contribution is 7.89. The number of hydrogen-bond acceptors (Lipinski definition) is 3. The van der Waals surface area contributed by atoms with E-state index in [1.54, 1.807) is 12.1 Å². The molecule has 0 radical (unpaired) electrons. The quantitative estimate of drug-likeness (QED) is 0.920. The SMILES string of the molecule is O=S(=O)(c1cccc2ccccc12)N1CCC[C@H](O)C1. The van der Waals surface area contributed by atoms with Gasteiger partial charge in [-0.25, -0.2) is 8.42 Å². The van der Waals surface area contributed by atoms with Crippen molar-refractivity contribution in [1.29, 1.82) is 0 Å². The van der Waals surface area contributed by atoms with E-state index in [9.17, 15) is 13.5 Å². The molecule has 2 aromatic carbocycles. The zero-order valence-electron chi connectivity index (χ0n) is 11.1. The van der Waals surface area contributed by atoms with Crippen LogP contribution in [0.3, 0.4) is 0 Å². The van der Waals surface area contributed by atoms with Crippen LogP contribution in [-0.4, -0.2) is 37.0 Å². The molecule has 0 spiro atoms. The lowest BCUT2D eigenvalue weighted by Crippen LogP contribution is -2.42. The smallest absolute Gasteiger partial charge is 0.243 e. The fourth-order valence-corrected chi connectivity index (χ4v) is 4.43. The number of sulfonamides is 1. The predicted molar refractivity (Wildman–Crippen MR) is 77.9 cm³/mol. The highest BCUT2D eigenvalue weighted by Crippen LogP contribution is 2.27. The van der Waals surface area contributed by atoms with Crippen LogP contribution in [-0.2, 0) is 10.0 Å². The average molecular weight is 291 g/mol. The topological polar surface area (TPSA) is 57.6 Å². The van der Waals surface area contributed by atoms with E-state index in [2.05, 4.69) is 0 Å². The lowest BCUT2D eigenvalue weighted by Gasteiger charge is -2.29. The Morgan fingerprint density at radius 2 is 1.85 bits per heavy atom. The Morgan fingerprint density at radius 3 is 2.65 bits per heavy atom. The minimum Gasteiger partial charge on any atom is -0.392 e. The Bertz CT molecular complexity index is 721. The molecular formula is C15H17NO3S. The third-order valence-corrected chi connectivity index (χ3v) is 5.65. The summed E-state index contributed by atoms with van der Waals surface area (Å²) < 4.78 is 26.9. The maximum absolute atomic E-state index is 12.8. The monoisotopic (exact) mass is 291 g/mol. The first-order valence-corrected chi connectivity index (χ1v) is 8.19. The standard InChI is InChI=1S/C15H17NO3S/c17-13-7-4-10-16(11-13)20(18,19)15-9-3-6-12-5-1-2-8-14(12)15/h1-3,5-6,8-9,13,17H,4,7,10-11H2/t13-/m0/s1. The molecule has 0 saturated carbocycles. The highest BCUT2D eigenvalue weighted by Gasteiger charge is 2.30. The van der Waals surface area contributed by atoms with E-state index in [0.717, 1.165) is 10.8 Å². The fraction of sp³-hybridized carbons (Fsp3) is 0.333. The molecule has 0 aromatic heterocycles. The van der Waals surface area contributed by atoms with Gasteiger partial charge in [-0.05, 0) is 24.3 Å². The molecule has 4 nitrogen and oxygen atoms in total. The van der Waals surface area contributed by atoms with Gasteiger partial charge in [0.2, 0.25) is 10.0 Å². The Morgan fingerprint density at radius 1 is 1.10 bits per heavy atom. The van der Waals surface area contributed by atoms with E-state index in [-0.39, 0.29) is 6.54 Å². The molecule has 0 unspecified atom stereocenters. The van der Waals surface area contributed by atoms with Crippen LogP contribution in [0.4, 0.5) is 0 Å². The molecule has 20 heavy (non-hydrogen) atoms. The number of β-amino-alcohol motifs (C(OH)–C–C–N with tert-alkyl or cyclic N) is 1. The minimum absolute atomic E-state index is 0.186. The molecule has 1 aliphatic rings. The van der Waals surface area contributed by atoms with Crippen LogP contribution in [0.25, 0.3) is 10.8 Å². The van der Waals surface area contributed by atoms with Crippen LogP contribution in [0.15, 0.2) is 47.4 Å². The van der Waals surface area contributed by atoms with Crippen molar-refractivity contribution in [3.63, 3.8) is 0 Å². The number of piperidine rings is 1. The molecule has 106 valence electrons. The van der Waals surface area contributed by atoms with Crippen LogP contribution in [0.5, 0.6) is 0 Å². The Kier molecular flexibility index (Phi) is 3.50. The second-order valence-corrected chi connectivity index (χ2v) is 7.04. The highest BCUT2D eigenvalue weighted by atomic mass is 32.2. The fourth-order valence-electron chi connectivity index (χ4n) is 2.70. The second kappa shape index (κ2) is 5.16. The number of rotatable bonds is 2. The van der Waals surface area contributed by atoms with Gasteiger partial charge in [-0.15, -0.1) is 0 Å². The van der Waals surface area contributed by atoms with Crippen molar-refractivity contribution >= 4 is 20.8 Å². The molecule has 1 atom stereocenters. The van der Waals surface area contributed by atoms with Crippen LogP contribution < -0.4 is 0 Å². The minimum atomic E-state index is -3.55. The molecule has 0 amide bonds. The van der Waals surface area contributed by atoms with Gasteiger partial charge in [-0.3, -0.25) is 0 Å². The number of hydrogen-bond donors (Lipinski definition) is 1. The summed E-state index contributed by atoms with van der Waals surface area (Å²) >= 11 is 0. The van der Waals surface area contributed by atoms with Gasteiger partial charge < -0.3 is 5.11 Å². The van der Waals surface area contributed by atoms with Crippen molar-refractivity contribution in [3.05, 3.63) is 42.5 Å². The van der Waals surface area contributed by atoms with Gasteiger partial charge in [0.15, 0.2) is 0 Å². The van der Waals surface area contributed by atoms with Gasteiger partial charge in [0, 0.05) is 18.5 Å². The first kappa shape index (κ1) is 13.5. The van der Waals surface area contributed by atoms with Gasteiger partial charge in [-0.1, -0.05) is 36.4 Å². The summed E-state index contributed by atoms with van der Waals surface area (Å²) in [5.41, 5.74) is 0. The molecule has 1 N–H and O–H groups in total. The normalized spacial score (nSPS) is 21.1. The molecule has 5 heteroatoms. The van der Waals surface area contributed by atoms with Crippen molar-refractivity contribution in [2.75, 3.05) is 13.1 Å². The van der Waals surface area contributed by atoms with Gasteiger partial charge in [0.1, 0.15) is 0 Å². The molecule has 0 bridgehead atoms. The summed E-state index contributed by atoms with van der Waals surface area (Å²) in [6.45, 7) is 0.661. The Balaban J connectivity index is 2.09. The second-order valence-electron chi connectivity index (χ2n) is 5.14. The summed E-state index contributed by atoms with van der Waals surface area (Å²) in [6.07, 6.45) is 0.806. The predicted octanol–water partition coefficient (Wildman–Crippen LogP) is 1.99. The summed E-state index contributed by atoms with van der Waals surface area (Å²) in [5, 5.41) is 11.3. The van der Waals surface area contributed by atoms with Crippen LogP contribution >= 0.6 is 0 Å². The van der Waals surface area contributed by atoms with Crippen LogP contribution in [0, 0.1) is 0 Å². The third-order valence-electron chi connectivity index (χ3n) is 3.73. The molecule has 1 saturated heterocycles. The third kappa shape index (κ3) is 2.32. The Hall–Kier alpha value is -1.43. The molecule has 3 rings (SSSR count). The Labute approximate surface area is 118 Å². The van der Waals surface area contributed by atoms with Gasteiger partial charge in [-0.2, -0.15) is 4.31 Å². The van der Waals surface area contributed by atoms with Gasteiger partial charge in [0.05, 0.1) is 11.0 Å². The average Bonchev–Trinajstić information content (AvgIpc) is 2.46. The van der Waals surface area contributed by atoms with Crippen molar-refractivity contribution < 1.29 is 13.5 Å². The van der Waals surface area contributed by atoms with Crippen LogP contribution in [0.2, 0.25) is 0 Å². The number of benzene rings is 2. The zero-order chi connectivity index (χ0) is 14.2. The van der Waals surface area contributed by atoms with Gasteiger partial charge >= 0.3 is 0 Å². The molecule has 1 heterocycles.